The van der Waals surface area contributed by atoms with Gasteiger partial charge in [0.05, 0.1) is 23.9 Å². The molecule has 0 aromatic carbocycles. The lowest BCUT2D eigenvalue weighted by molar-refractivity contribution is -0.161. The van der Waals surface area contributed by atoms with Crippen molar-refractivity contribution < 1.29 is 19.1 Å². The van der Waals surface area contributed by atoms with Crippen molar-refractivity contribution in [2.75, 3.05) is 13.1 Å². The van der Waals surface area contributed by atoms with Crippen LogP contribution >= 0.6 is 0 Å². The van der Waals surface area contributed by atoms with Crippen molar-refractivity contribution in [1.82, 2.24) is 9.80 Å². The largest absolute Gasteiger partial charge is 0.366 e. The predicted octanol–water partition coefficient (Wildman–Crippen LogP) is 0.789. The van der Waals surface area contributed by atoms with Crippen LogP contribution in [0.15, 0.2) is 0 Å². The van der Waals surface area contributed by atoms with Crippen molar-refractivity contribution in [3.63, 3.8) is 0 Å². The molecule has 5 rings (SSSR count). The Hall–Kier alpha value is -1.14. The highest BCUT2D eigenvalue weighted by molar-refractivity contribution is 5.90. The number of epoxide rings is 2. The van der Waals surface area contributed by atoms with E-state index < -0.39 is 0 Å². The lowest BCUT2D eigenvalue weighted by Gasteiger charge is -2.51. The van der Waals surface area contributed by atoms with Gasteiger partial charge in [0, 0.05) is 13.1 Å². The van der Waals surface area contributed by atoms with Crippen LogP contribution in [-0.2, 0) is 19.1 Å². The van der Waals surface area contributed by atoms with Crippen molar-refractivity contribution in [1.29, 1.82) is 0 Å². The van der Waals surface area contributed by atoms with Gasteiger partial charge in [-0.2, -0.15) is 0 Å². The van der Waals surface area contributed by atoms with E-state index in [0.717, 1.165) is 38.8 Å². The molecule has 132 valence electrons. The molecule has 0 radical (unpaired) electrons. The first-order valence-corrected chi connectivity index (χ1v) is 9.61. The fourth-order valence-corrected chi connectivity index (χ4v) is 5.37. The maximum Gasteiger partial charge on any atom is 0.230 e. The van der Waals surface area contributed by atoms with E-state index in [1.807, 2.05) is 9.80 Å². The van der Waals surface area contributed by atoms with E-state index in [2.05, 4.69) is 13.8 Å². The van der Waals surface area contributed by atoms with Gasteiger partial charge in [-0.15, -0.1) is 0 Å². The average Bonchev–Trinajstić information content (AvgIpc) is 3.45. The predicted molar refractivity (Wildman–Crippen MR) is 85.1 cm³/mol. The fourth-order valence-electron chi connectivity index (χ4n) is 5.37. The van der Waals surface area contributed by atoms with Gasteiger partial charge in [-0.25, -0.2) is 0 Å². The molecule has 0 unspecified atom stereocenters. The summed E-state index contributed by atoms with van der Waals surface area (Å²) in [5.41, 5.74) is 0. The zero-order chi connectivity index (χ0) is 16.6. The quantitative estimate of drug-likeness (QED) is 0.674. The number of carbonyl (C=O) groups is 2. The molecule has 0 aromatic heterocycles. The third-order valence-corrected chi connectivity index (χ3v) is 6.60. The van der Waals surface area contributed by atoms with E-state index in [1.165, 1.54) is 0 Å². The Bertz CT molecular complexity index is 531. The molecule has 4 saturated heterocycles. The number of amides is 2. The van der Waals surface area contributed by atoms with Gasteiger partial charge < -0.3 is 19.3 Å². The molecular weight excluding hydrogens is 308 g/mol. The van der Waals surface area contributed by atoms with E-state index in [0.29, 0.717) is 0 Å². The van der Waals surface area contributed by atoms with Crippen LogP contribution in [0, 0.1) is 11.8 Å². The van der Waals surface area contributed by atoms with Gasteiger partial charge >= 0.3 is 0 Å². The Kier molecular flexibility index (Phi) is 3.27. The summed E-state index contributed by atoms with van der Waals surface area (Å²) < 4.78 is 11.9. The molecule has 4 heterocycles. The molecule has 1 saturated carbocycles. The van der Waals surface area contributed by atoms with Crippen LogP contribution in [0.3, 0.4) is 0 Å². The number of piperidine rings is 2. The molecule has 1 aliphatic carbocycles. The minimum Gasteiger partial charge on any atom is -0.366 e. The number of hydrogen-bond acceptors (Lipinski definition) is 4. The Morgan fingerprint density at radius 2 is 1.17 bits per heavy atom. The normalized spacial score (nSPS) is 47.4. The monoisotopic (exact) mass is 334 g/mol. The summed E-state index contributed by atoms with van der Waals surface area (Å²) in [6, 6.07) is -0.226. The highest BCUT2D eigenvalue weighted by Gasteiger charge is 2.76. The number of fused-ring (bicyclic) bond motifs is 2. The maximum absolute atomic E-state index is 13.2. The second-order valence-corrected chi connectivity index (χ2v) is 7.93. The summed E-state index contributed by atoms with van der Waals surface area (Å²) in [6.07, 6.45) is 4.18. The number of unbranched alkanes of at least 4 members (excludes halogenated alkanes) is 2. The first kappa shape index (κ1) is 15.1. The van der Waals surface area contributed by atoms with Crippen LogP contribution in [0.5, 0.6) is 0 Å². The number of likely N-dealkylation sites (tertiary alicyclic amines) is 2. The summed E-state index contributed by atoms with van der Waals surface area (Å²) >= 11 is 0. The SMILES string of the molecule is CCCCN1C(=O)[C@H]2[C@H]3O[C@H]3[C@@H]1[C@@H]1C(=O)N(CCCC)[C@H]2[C@H]2O[C@H]21. The summed E-state index contributed by atoms with van der Waals surface area (Å²) in [4.78, 5) is 30.4. The summed E-state index contributed by atoms with van der Waals surface area (Å²) in [6.45, 7) is 5.75. The van der Waals surface area contributed by atoms with Crippen LogP contribution in [-0.4, -0.2) is 71.2 Å². The zero-order valence-corrected chi connectivity index (χ0v) is 14.4. The first-order valence-electron chi connectivity index (χ1n) is 9.61. The zero-order valence-electron chi connectivity index (χ0n) is 14.4. The Morgan fingerprint density at radius 1 is 0.750 bits per heavy atom. The van der Waals surface area contributed by atoms with Gasteiger partial charge in [0.2, 0.25) is 11.8 Å². The molecule has 4 aliphatic heterocycles. The van der Waals surface area contributed by atoms with Gasteiger partial charge in [-0.3, -0.25) is 9.59 Å². The lowest BCUT2D eigenvalue weighted by atomic mass is 9.70. The Labute approximate surface area is 142 Å². The molecule has 0 aromatic rings. The molecule has 24 heavy (non-hydrogen) atoms. The summed E-state index contributed by atoms with van der Waals surface area (Å²) in [5, 5.41) is 0. The maximum atomic E-state index is 13.2. The number of nitrogens with zero attached hydrogens (tertiary/aromatic N) is 2. The van der Waals surface area contributed by atoms with Crippen molar-refractivity contribution in [2.45, 2.75) is 76.0 Å². The molecular formula is C18H26N2O4. The second-order valence-electron chi connectivity index (χ2n) is 7.93. The van der Waals surface area contributed by atoms with Crippen LogP contribution in [0.1, 0.15) is 39.5 Å². The van der Waals surface area contributed by atoms with E-state index in [9.17, 15) is 9.59 Å². The van der Waals surface area contributed by atoms with Crippen molar-refractivity contribution >= 4 is 11.8 Å². The highest BCUT2D eigenvalue weighted by Crippen LogP contribution is 2.57. The number of rotatable bonds is 6. The Morgan fingerprint density at radius 3 is 1.54 bits per heavy atom. The van der Waals surface area contributed by atoms with E-state index in [1.54, 1.807) is 0 Å². The van der Waals surface area contributed by atoms with Gasteiger partial charge in [-0.1, -0.05) is 26.7 Å². The van der Waals surface area contributed by atoms with E-state index in [-0.39, 0.29) is 60.1 Å². The third kappa shape index (κ3) is 1.84. The molecule has 2 amide bonds. The van der Waals surface area contributed by atoms with Crippen molar-refractivity contribution in [3.8, 4) is 0 Å². The molecule has 0 spiro atoms. The van der Waals surface area contributed by atoms with Gasteiger partial charge in [0.1, 0.15) is 24.4 Å². The number of hydrogen-bond donors (Lipinski definition) is 0. The van der Waals surface area contributed by atoms with E-state index in [4.69, 9.17) is 9.47 Å². The Balaban J connectivity index is 1.54. The van der Waals surface area contributed by atoms with Gasteiger partial charge in [-0.05, 0) is 12.8 Å². The van der Waals surface area contributed by atoms with E-state index >= 15 is 0 Å². The number of carbonyl (C=O) groups excluding carboxylic acids is 2. The highest BCUT2D eigenvalue weighted by atomic mass is 16.6. The molecule has 5 aliphatic rings. The molecule has 4 bridgehead atoms. The summed E-state index contributed by atoms with van der Waals surface area (Å²) in [5.74, 6) is -0.0457. The molecule has 6 heteroatoms. The van der Waals surface area contributed by atoms with Gasteiger partial charge in [0.25, 0.3) is 0 Å². The van der Waals surface area contributed by atoms with Crippen LogP contribution in [0.2, 0.25) is 0 Å². The summed E-state index contributed by atoms with van der Waals surface area (Å²) in [7, 11) is 0. The number of ether oxygens (including phenoxy) is 2. The fraction of sp³-hybridized carbons (Fsp3) is 0.889. The smallest absolute Gasteiger partial charge is 0.230 e. The van der Waals surface area contributed by atoms with Crippen molar-refractivity contribution in [2.24, 2.45) is 11.8 Å². The molecule has 0 N–H and O–H groups in total. The topological polar surface area (TPSA) is 65.7 Å². The minimum atomic E-state index is -0.222. The molecule has 6 nitrogen and oxygen atoms in total. The molecule has 8 atom stereocenters. The molecule has 5 fully saturated rings. The average molecular weight is 334 g/mol. The van der Waals surface area contributed by atoms with Crippen molar-refractivity contribution in [3.05, 3.63) is 0 Å². The lowest BCUT2D eigenvalue weighted by Crippen LogP contribution is -2.71. The van der Waals surface area contributed by atoms with Gasteiger partial charge in [0.15, 0.2) is 0 Å². The van der Waals surface area contributed by atoms with Crippen LogP contribution in [0.4, 0.5) is 0 Å². The van der Waals surface area contributed by atoms with Crippen LogP contribution < -0.4 is 0 Å². The first-order chi connectivity index (χ1) is 11.7. The van der Waals surface area contributed by atoms with Crippen LogP contribution in [0.25, 0.3) is 0 Å². The minimum absolute atomic E-state index is 0.00949. The third-order valence-electron chi connectivity index (χ3n) is 6.60. The second kappa shape index (κ2) is 5.18. The standard InChI is InChI=1S/C18H26N2O4/c1-3-5-7-19-11-9-13-16(24-13)12(20(18(9)22)8-6-4-2)10(17(19)21)14-15(11)23-14/h9-16H,3-8H2,1-2H3/t9-,10+,11-,12+,13-,14+,15-,16+.